The summed E-state index contributed by atoms with van der Waals surface area (Å²) in [5.74, 6) is -0.603. The zero-order valence-corrected chi connectivity index (χ0v) is 18.4. The van der Waals surface area contributed by atoms with Crippen LogP contribution in [-0.2, 0) is 26.1 Å². The maximum atomic E-state index is 13.5. The molecule has 1 amide bonds. The van der Waals surface area contributed by atoms with Gasteiger partial charge in [-0.15, -0.1) is 0 Å². The number of nitrogens with zero attached hydrogens (tertiary/aromatic N) is 3. The summed E-state index contributed by atoms with van der Waals surface area (Å²) in [6.07, 6.45) is 2.88. The van der Waals surface area contributed by atoms with Crippen LogP contribution in [0.3, 0.4) is 0 Å². The predicted molar refractivity (Wildman–Crippen MR) is 118 cm³/mol. The summed E-state index contributed by atoms with van der Waals surface area (Å²) < 4.78 is 41.0. The van der Waals surface area contributed by atoms with Gasteiger partial charge in [-0.2, -0.15) is 4.31 Å². The summed E-state index contributed by atoms with van der Waals surface area (Å²) in [6, 6.07) is 11.0. The summed E-state index contributed by atoms with van der Waals surface area (Å²) in [5, 5.41) is 3.99. The molecule has 1 atom stereocenters. The third-order valence-electron chi connectivity index (χ3n) is 6.27. The van der Waals surface area contributed by atoms with Crippen LogP contribution in [0.2, 0.25) is 0 Å². The molecule has 1 saturated heterocycles. The van der Waals surface area contributed by atoms with Gasteiger partial charge in [0.2, 0.25) is 16.1 Å². The number of oxime groups is 1. The molecular formula is C23H24FN3O4S. The Morgan fingerprint density at radius 1 is 1.06 bits per heavy atom. The van der Waals surface area contributed by atoms with Crippen molar-refractivity contribution in [3.63, 3.8) is 0 Å². The number of piperidine rings is 1. The Morgan fingerprint density at radius 2 is 1.88 bits per heavy atom. The smallest absolute Gasteiger partial charge is 0.271 e. The Bertz CT molecular complexity index is 1190. The van der Waals surface area contributed by atoms with E-state index in [4.69, 9.17) is 4.84 Å². The van der Waals surface area contributed by atoms with Crippen molar-refractivity contribution in [2.45, 2.75) is 43.1 Å². The van der Waals surface area contributed by atoms with Crippen LogP contribution >= 0.6 is 0 Å². The van der Waals surface area contributed by atoms with Gasteiger partial charge in [0.15, 0.2) is 0 Å². The van der Waals surface area contributed by atoms with Crippen molar-refractivity contribution in [2.24, 2.45) is 5.16 Å². The summed E-state index contributed by atoms with van der Waals surface area (Å²) in [4.78, 5) is 20.4. The van der Waals surface area contributed by atoms with Crippen LogP contribution in [0.5, 0.6) is 0 Å². The number of carbonyl (C=O) groups is 1. The van der Waals surface area contributed by atoms with E-state index in [2.05, 4.69) is 5.16 Å². The number of amides is 1. The fourth-order valence-corrected chi connectivity index (χ4v) is 6.11. The molecule has 0 spiro atoms. The Morgan fingerprint density at radius 3 is 2.66 bits per heavy atom. The van der Waals surface area contributed by atoms with Crippen molar-refractivity contribution in [1.29, 1.82) is 0 Å². The maximum absolute atomic E-state index is 13.5. The van der Waals surface area contributed by atoms with Crippen molar-refractivity contribution in [3.05, 3.63) is 59.4 Å². The van der Waals surface area contributed by atoms with E-state index in [9.17, 15) is 17.6 Å². The number of hydrogen-bond donors (Lipinski definition) is 0. The zero-order chi connectivity index (χ0) is 22.3. The van der Waals surface area contributed by atoms with Crippen molar-refractivity contribution in [2.75, 3.05) is 24.5 Å². The average molecular weight is 458 g/mol. The van der Waals surface area contributed by atoms with Crippen LogP contribution < -0.4 is 4.90 Å². The third-order valence-corrected chi connectivity index (χ3v) is 8.16. The number of halogens is 1. The minimum atomic E-state index is -3.52. The maximum Gasteiger partial charge on any atom is 0.271 e. The lowest BCUT2D eigenvalue weighted by molar-refractivity contribution is -0.128. The molecule has 0 radical (unpaired) electrons. The Kier molecular flexibility index (Phi) is 5.46. The fourth-order valence-electron chi connectivity index (χ4n) is 4.54. The molecule has 32 heavy (non-hydrogen) atoms. The Hall–Kier alpha value is -2.78. The number of rotatable bonds is 4. The molecular weight excluding hydrogens is 433 g/mol. The minimum Gasteiger partial charge on any atom is -0.382 e. The number of sulfonamides is 1. The zero-order valence-electron chi connectivity index (χ0n) is 17.5. The van der Waals surface area contributed by atoms with Gasteiger partial charge in [-0.1, -0.05) is 23.7 Å². The van der Waals surface area contributed by atoms with Gasteiger partial charge in [0.25, 0.3) is 5.91 Å². The molecule has 3 heterocycles. The standard InChI is InChI=1S/C23H24FN3O4S/c24-18-6-4-5-16(13-18)20-15-22(31-25-20)23(28)27-12-9-17-14-19(7-8-21(17)27)32(29,30)26-10-2-1-3-11-26/h4-8,13-14,22H,1-3,9-12,15H2. The molecule has 2 aromatic rings. The first kappa shape index (κ1) is 21.1. The van der Waals surface area contributed by atoms with E-state index in [1.165, 1.54) is 12.1 Å². The van der Waals surface area contributed by atoms with E-state index >= 15 is 0 Å². The number of hydrogen-bond acceptors (Lipinski definition) is 5. The van der Waals surface area contributed by atoms with Crippen molar-refractivity contribution < 1.29 is 22.4 Å². The average Bonchev–Trinajstić information content (AvgIpc) is 3.46. The SMILES string of the molecule is O=C(C1CC(c2cccc(F)c2)=NO1)N1CCc2cc(S(=O)(=O)N3CCCCC3)ccc21. The highest BCUT2D eigenvalue weighted by Crippen LogP contribution is 2.33. The van der Waals surface area contributed by atoms with Gasteiger partial charge in [0, 0.05) is 37.3 Å². The molecule has 9 heteroatoms. The molecule has 3 aliphatic rings. The first-order valence-corrected chi connectivity index (χ1v) is 12.3. The fraction of sp³-hybridized carbons (Fsp3) is 0.391. The first-order valence-electron chi connectivity index (χ1n) is 10.9. The molecule has 0 bridgehead atoms. The van der Waals surface area contributed by atoms with Crippen LogP contribution in [0.4, 0.5) is 10.1 Å². The molecule has 168 valence electrons. The van der Waals surface area contributed by atoms with E-state index in [0.29, 0.717) is 43.0 Å². The summed E-state index contributed by atoms with van der Waals surface area (Å²) in [7, 11) is -3.52. The second kappa shape index (κ2) is 8.29. The summed E-state index contributed by atoms with van der Waals surface area (Å²) in [5.41, 5.74) is 2.66. The lowest BCUT2D eigenvalue weighted by Crippen LogP contribution is -2.38. The van der Waals surface area contributed by atoms with E-state index in [-0.39, 0.29) is 23.0 Å². The normalized spacial score (nSPS) is 21.2. The molecule has 7 nitrogen and oxygen atoms in total. The van der Waals surface area contributed by atoms with Crippen molar-refractivity contribution in [3.8, 4) is 0 Å². The number of anilines is 1. The quantitative estimate of drug-likeness (QED) is 0.707. The van der Waals surface area contributed by atoms with Crippen LogP contribution in [-0.4, -0.2) is 50.1 Å². The van der Waals surface area contributed by atoms with Gasteiger partial charge in [0.05, 0.1) is 10.6 Å². The van der Waals surface area contributed by atoms with E-state index in [1.54, 1.807) is 39.5 Å². The van der Waals surface area contributed by atoms with Gasteiger partial charge < -0.3 is 9.74 Å². The Balaban J connectivity index is 1.31. The monoisotopic (exact) mass is 457 g/mol. The summed E-state index contributed by atoms with van der Waals surface area (Å²) >= 11 is 0. The van der Waals surface area contributed by atoms with Crippen molar-refractivity contribution >= 4 is 27.3 Å². The van der Waals surface area contributed by atoms with Gasteiger partial charge in [-0.25, -0.2) is 12.8 Å². The molecule has 0 saturated carbocycles. The highest BCUT2D eigenvalue weighted by molar-refractivity contribution is 7.89. The molecule has 0 aliphatic carbocycles. The van der Waals surface area contributed by atoms with E-state index < -0.39 is 16.1 Å². The van der Waals surface area contributed by atoms with Crippen LogP contribution in [0.15, 0.2) is 52.5 Å². The second-order valence-electron chi connectivity index (χ2n) is 8.34. The summed E-state index contributed by atoms with van der Waals surface area (Å²) in [6.45, 7) is 1.56. The van der Waals surface area contributed by atoms with Crippen LogP contribution in [0, 0.1) is 5.82 Å². The molecule has 5 rings (SSSR count). The van der Waals surface area contributed by atoms with Gasteiger partial charge in [-0.05, 0) is 55.2 Å². The van der Waals surface area contributed by atoms with E-state index in [1.807, 2.05) is 0 Å². The van der Waals surface area contributed by atoms with E-state index in [0.717, 1.165) is 24.8 Å². The first-order chi connectivity index (χ1) is 15.4. The molecule has 0 aromatic heterocycles. The molecule has 2 aromatic carbocycles. The second-order valence-corrected chi connectivity index (χ2v) is 10.3. The van der Waals surface area contributed by atoms with Crippen molar-refractivity contribution in [1.82, 2.24) is 4.31 Å². The minimum absolute atomic E-state index is 0.231. The lowest BCUT2D eigenvalue weighted by atomic mass is 10.0. The number of fused-ring (bicyclic) bond motifs is 1. The molecule has 0 N–H and O–H groups in total. The number of benzene rings is 2. The lowest BCUT2D eigenvalue weighted by Gasteiger charge is -2.26. The topological polar surface area (TPSA) is 79.3 Å². The Labute approximate surface area is 186 Å². The van der Waals surface area contributed by atoms with Gasteiger partial charge in [0.1, 0.15) is 5.82 Å². The molecule has 1 unspecified atom stereocenters. The highest BCUT2D eigenvalue weighted by atomic mass is 32.2. The van der Waals surface area contributed by atoms with Gasteiger partial charge >= 0.3 is 0 Å². The third kappa shape index (κ3) is 3.80. The predicted octanol–water partition coefficient (Wildman–Crippen LogP) is 3.08. The van der Waals surface area contributed by atoms with Crippen LogP contribution in [0.1, 0.15) is 36.8 Å². The highest BCUT2D eigenvalue weighted by Gasteiger charge is 2.36. The van der Waals surface area contributed by atoms with Gasteiger partial charge in [-0.3, -0.25) is 4.79 Å². The molecule has 3 aliphatic heterocycles. The molecule has 1 fully saturated rings. The van der Waals surface area contributed by atoms with Crippen LogP contribution in [0.25, 0.3) is 0 Å². The largest absolute Gasteiger partial charge is 0.382 e. The number of carbonyl (C=O) groups excluding carboxylic acids is 1.